The number of aromatic nitrogens is 4. The maximum atomic E-state index is 12.9. The Hall–Kier alpha value is -2.53. The van der Waals surface area contributed by atoms with E-state index in [2.05, 4.69) is 15.5 Å². The topological polar surface area (TPSA) is 101 Å². The molecular weight excluding hydrogens is 451 g/mol. The van der Waals surface area contributed by atoms with Gasteiger partial charge in [-0.25, -0.2) is 13.1 Å². The van der Waals surface area contributed by atoms with E-state index in [0.29, 0.717) is 11.3 Å². The molecule has 2 aromatic carbocycles. The summed E-state index contributed by atoms with van der Waals surface area (Å²) >= 11 is 11.8. The van der Waals surface area contributed by atoms with Crippen LogP contribution in [0.3, 0.4) is 0 Å². The lowest BCUT2D eigenvalue weighted by Crippen LogP contribution is -2.50. The minimum Gasteiger partial charge on any atom is -0.336 e. The van der Waals surface area contributed by atoms with Crippen molar-refractivity contribution in [3.05, 3.63) is 64.4 Å². The van der Waals surface area contributed by atoms with E-state index in [0.717, 1.165) is 0 Å². The highest BCUT2D eigenvalue weighted by Gasteiger charge is 2.30. The Morgan fingerprint density at radius 3 is 2.40 bits per heavy atom. The Morgan fingerprint density at radius 2 is 1.73 bits per heavy atom. The smallest absolute Gasteiger partial charge is 0.254 e. The first-order valence-corrected chi connectivity index (χ1v) is 11.1. The van der Waals surface area contributed by atoms with Gasteiger partial charge in [0.05, 0.1) is 20.6 Å². The first-order valence-electron chi connectivity index (χ1n) is 8.94. The molecule has 0 radical (unpaired) electrons. The van der Waals surface area contributed by atoms with Crippen molar-refractivity contribution in [1.29, 1.82) is 0 Å². The van der Waals surface area contributed by atoms with Crippen LogP contribution >= 0.6 is 23.2 Å². The molecule has 0 unspecified atom stereocenters. The van der Waals surface area contributed by atoms with E-state index in [1.54, 1.807) is 29.2 Å². The van der Waals surface area contributed by atoms with E-state index in [-0.39, 0.29) is 47.0 Å². The van der Waals surface area contributed by atoms with E-state index in [1.807, 2.05) is 0 Å². The molecule has 2 heterocycles. The lowest BCUT2D eigenvalue weighted by molar-refractivity contribution is 0.0698. The van der Waals surface area contributed by atoms with Crippen molar-refractivity contribution in [3.8, 4) is 5.69 Å². The van der Waals surface area contributed by atoms with E-state index in [9.17, 15) is 13.2 Å². The molecule has 1 amide bonds. The number of rotatable bonds is 4. The van der Waals surface area contributed by atoms with Crippen molar-refractivity contribution in [2.24, 2.45) is 0 Å². The summed E-state index contributed by atoms with van der Waals surface area (Å²) in [5.74, 6) is -0.184. The average molecular weight is 467 g/mol. The molecule has 156 valence electrons. The fourth-order valence-corrected chi connectivity index (χ4v) is 4.97. The number of hydrogen-bond acceptors (Lipinski definition) is 6. The van der Waals surface area contributed by atoms with E-state index < -0.39 is 10.0 Å². The first-order chi connectivity index (χ1) is 14.4. The zero-order valence-corrected chi connectivity index (χ0v) is 17.8. The summed E-state index contributed by atoms with van der Waals surface area (Å²) < 4.78 is 28.5. The van der Waals surface area contributed by atoms with Crippen molar-refractivity contribution in [1.82, 2.24) is 29.4 Å². The summed E-state index contributed by atoms with van der Waals surface area (Å²) in [6.45, 7) is 0.908. The highest BCUT2D eigenvalue weighted by molar-refractivity contribution is 7.89. The lowest BCUT2D eigenvalue weighted by Gasteiger charge is -2.34. The van der Waals surface area contributed by atoms with Gasteiger partial charge in [-0.1, -0.05) is 29.3 Å². The van der Waals surface area contributed by atoms with Gasteiger partial charge in [0.1, 0.15) is 6.33 Å². The van der Waals surface area contributed by atoms with Crippen LogP contribution in [0.2, 0.25) is 10.0 Å². The van der Waals surface area contributed by atoms with Gasteiger partial charge in [-0.15, -0.1) is 5.10 Å². The normalized spacial score (nSPS) is 15.3. The molecule has 30 heavy (non-hydrogen) atoms. The summed E-state index contributed by atoms with van der Waals surface area (Å²) in [7, 11) is -3.72. The number of amides is 1. The number of halogens is 2. The molecule has 0 N–H and O–H groups in total. The predicted molar refractivity (Wildman–Crippen MR) is 110 cm³/mol. The summed E-state index contributed by atoms with van der Waals surface area (Å²) in [6, 6.07) is 11.1. The number of tetrazole rings is 1. The lowest BCUT2D eigenvalue weighted by atomic mass is 10.1. The molecule has 3 aromatic rings. The minimum absolute atomic E-state index is 0.0748. The third-order valence-electron chi connectivity index (χ3n) is 4.76. The van der Waals surface area contributed by atoms with E-state index >= 15 is 0 Å². The Labute approximate surface area is 182 Å². The highest BCUT2D eigenvalue weighted by atomic mass is 35.5. The van der Waals surface area contributed by atoms with Crippen LogP contribution in [0.15, 0.2) is 53.7 Å². The van der Waals surface area contributed by atoms with Crippen molar-refractivity contribution in [2.45, 2.75) is 4.90 Å². The number of carbonyl (C=O) groups excluding carboxylic acids is 1. The quantitative estimate of drug-likeness (QED) is 0.583. The summed E-state index contributed by atoms with van der Waals surface area (Å²) in [5.41, 5.74) is 1.13. The maximum Gasteiger partial charge on any atom is 0.254 e. The Balaban J connectivity index is 1.46. The van der Waals surface area contributed by atoms with Gasteiger partial charge in [0.25, 0.3) is 5.91 Å². The molecule has 1 aliphatic rings. The van der Waals surface area contributed by atoms with Crippen LogP contribution in [0.5, 0.6) is 0 Å². The van der Waals surface area contributed by atoms with Crippen LogP contribution in [0.4, 0.5) is 0 Å². The molecule has 1 aliphatic heterocycles. The molecule has 1 fully saturated rings. The predicted octanol–water partition coefficient (Wildman–Crippen LogP) is 2.12. The molecule has 12 heteroatoms. The first kappa shape index (κ1) is 20.7. The fourth-order valence-electron chi connectivity index (χ4n) is 3.16. The Morgan fingerprint density at radius 1 is 0.967 bits per heavy atom. The SMILES string of the molecule is O=C(c1cccc(-n2cnnn2)c1)N1CCN(S(=O)(=O)c2ccc(Cl)c(Cl)c2)CC1. The zero-order chi connectivity index (χ0) is 21.3. The van der Waals surface area contributed by atoms with Crippen LogP contribution in [-0.4, -0.2) is 69.9 Å². The summed E-state index contributed by atoms with van der Waals surface area (Å²) in [6.07, 6.45) is 1.44. The number of carbonyl (C=O) groups is 1. The Bertz CT molecular complexity index is 1180. The van der Waals surface area contributed by atoms with Crippen molar-refractivity contribution in [3.63, 3.8) is 0 Å². The van der Waals surface area contributed by atoms with Crippen LogP contribution in [0, 0.1) is 0 Å². The molecule has 0 aliphatic carbocycles. The molecule has 0 bridgehead atoms. The second-order valence-electron chi connectivity index (χ2n) is 6.58. The molecule has 9 nitrogen and oxygen atoms in total. The van der Waals surface area contributed by atoms with Gasteiger partial charge in [-0.05, 0) is 46.8 Å². The van der Waals surface area contributed by atoms with Gasteiger partial charge >= 0.3 is 0 Å². The van der Waals surface area contributed by atoms with E-state index in [4.69, 9.17) is 23.2 Å². The summed E-state index contributed by atoms with van der Waals surface area (Å²) in [4.78, 5) is 14.6. The third kappa shape index (κ3) is 4.04. The van der Waals surface area contributed by atoms with Crippen molar-refractivity contribution < 1.29 is 13.2 Å². The van der Waals surface area contributed by atoms with Gasteiger partial charge in [0, 0.05) is 31.7 Å². The van der Waals surface area contributed by atoms with Crippen molar-refractivity contribution >= 4 is 39.1 Å². The molecule has 1 saturated heterocycles. The second kappa shape index (κ2) is 8.31. The van der Waals surface area contributed by atoms with Crippen LogP contribution in [0.25, 0.3) is 5.69 Å². The molecule has 0 spiro atoms. The number of piperazine rings is 1. The van der Waals surface area contributed by atoms with Crippen LogP contribution in [-0.2, 0) is 10.0 Å². The fraction of sp³-hybridized carbons (Fsp3) is 0.222. The second-order valence-corrected chi connectivity index (χ2v) is 9.33. The number of hydrogen-bond donors (Lipinski definition) is 0. The molecule has 0 atom stereocenters. The highest BCUT2D eigenvalue weighted by Crippen LogP contribution is 2.27. The number of nitrogens with zero attached hydrogens (tertiary/aromatic N) is 6. The van der Waals surface area contributed by atoms with Crippen molar-refractivity contribution in [2.75, 3.05) is 26.2 Å². The molecule has 1 aromatic heterocycles. The van der Waals surface area contributed by atoms with Gasteiger partial charge in [0.2, 0.25) is 10.0 Å². The molecule has 0 saturated carbocycles. The minimum atomic E-state index is -3.72. The average Bonchev–Trinajstić information content (AvgIpc) is 3.30. The molecule has 4 rings (SSSR count). The van der Waals surface area contributed by atoms with Gasteiger partial charge in [0.15, 0.2) is 0 Å². The van der Waals surface area contributed by atoms with Gasteiger partial charge in [-0.2, -0.15) is 4.31 Å². The Kier molecular flexibility index (Phi) is 5.74. The van der Waals surface area contributed by atoms with Gasteiger partial charge in [-0.3, -0.25) is 4.79 Å². The number of sulfonamides is 1. The largest absolute Gasteiger partial charge is 0.336 e. The van der Waals surface area contributed by atoms with Crippen LogP contribution < -0.4 is 0 Å². The van der Waals surface area contributed by atoms with E-state index in [1.165, 1.54) is 33.5 Å². The monoisotopic (exact) mass is 466 g/mol. The standard InChI is InChI=1S/C18H16Cl2N6O3S/c19-16-5-4-15(11-17(16)20)30(28,29)25-8-6-24(7-9-25)18(27)13-2-1-3-14(10-13)26-12-21-22-23-26/h1-5,10-12H,6-9H2. The van der Waals surface area contributed by atoms with Crippen LogP contribution in [0.1, 0.15) is 10.4 Å². The number of benzene rings is 2. The molecular formula is C18H16Cl2N6O3S. The van der Waals surface area contributed by atoms with Gasteiger partial charge < -0.3 is 4.90 Å². The maximum absolute atomic E-state index is 12.9. The summed E-state index contributed by atoms with van der Waals surface area (Å²) in [5, 5.41) is 11.5. The third-order valence-corrected chi connectivity index (χ3v) is 7.40. The zero-order valence-electron chi connectivity index (χ0n) is 15.5.